The molecular weight excluding hydrogens is 212 g/mol. The van der Waals surface area contributed by atoms with E-state index in [1.807, 2.05) is 0 Å². The van der Waals surface area contributed by atoms with Gasteiger partial charge in [-0.25, -0.2) is 4.98 Å². The molecule has 1 aromatic heterocycles. The molecule has 0 aliphatic carbocycles. The van der Waals surface area contributed by atoms with E-state index >= 15 is 0 Å². The molecule has 4 heteroatoms. The zero-order valence-electron chi connectivity index (χ0n) is 10.3. The maximum absolute atomic E-state index is 5.47. The molecule has 0 fully saturated rings. The van der Waals surface area contributed by atoms with Gasteiger partial charge in [-0.1, -0.05) is 23.8 Å². The average Bonchev–Trinajstić information content (AvgIpc) is 2.71. The summed E-state index contributed by atoms with van der Waals surface area (Å²) in [6.45, 7) is 4.81. The third kappa shape index (κ3) is 2.91. The molecule has 0 amide bonds. The number of hydrogen-bond acceptors (Lipinski definition) is 3. The summed E-state index contributed by atoms with van der Waals surface area (Å²) in [5.74, 6) is 1.70. The number of H-pyrrole nitrogens is 1. The van der Waals surface area contributed by atoms with Crippen LogP contribution in [0.3, 0.4) is 0 Å². The lowest BCUT2D eigenvalue weighted by Gasteiger charge is -2.04. The minimum absolute atomic E-state index is 0.584. The molecule has 2 aromatic rings. The summed E-state index contributed by atoms with van der Waals surface area (Å²) >= 11 is 0. The van der Waals surface area contributed by atoms with E-state index in [9.17, 15) is 0 Å². The minimum Gasteiger partial charge on any atom is -0.330 e. The average molecular weight is 230 g/mol. The Morgan fingerprint density at radius 3 is 2.82 bits per heavy atom. The topological polar surface area (TPSA) is 67.6 Å². The number of nitrogens with one attached hydrogen (secondary N) is 1. The SMILES string of the molecule is Cc1ccc(Cc2nc(CCN)n[nH]2)c(C)c1. The van der Waals surface area contributed by atoms with Crippen molar-refractivity contribution in [1.82, 2.24) is 15.2 Å². The zero-order chi connectivity index (χ0) is 12.3. The van der Waals surface area contributed by atoms with Crippen molar-refractivity contribution in [2.75, 3.05) is 6.54 Å². The summed E-state index contributed by atoms with van der Waals surface area (Å²) in [5, 5.41) is 7.10. The third-order valence-corrected chi connectivity index (χ3v) is 2.80. The Kier molecular flexibility index (Phi) is 3.54. The molecule has 1 aromatic carbocycles. The molecule has 17 heavy (non-hydrogen) atoms. The highest BCUT2D eigenvalue weighted by Gasteiger charge is 2.05. The van der Waals surface area contributed by atoms with E-state index in [1.54, 1.807) is 0 Å². The van der Waals surface area contributed by atoms with Gasteiger partial charge in [0.25, 0.3) is 0 Å². The molecular formula is C13H18N4. The lowest BCUT2D eigenvalue weighted by molar-refractivity contribution is 0.874. The molecule has 3 N–H and O–H groups in total. The number of hydrogen-bond donors (Lipinski definition) is 2. The van der Waals surface area contributed by atoms with Crippen LogP contribution in [0.1, 0.15) is 28.3 Å². The second-order valence-corrected chi connectivity index (χ2v) is 4.34. The Labute approximate surface area is 101 Å². The fraction of sp³-hybridized carbons (Fsp3) is 0.385. The Balaban J connectivity index is 2.13. The smallest absolute Gasteiger partial charge is 0.151 e. The first kappa shape index (κ1) is 11.8. The summed E-state index contributed by atoms with van der Waals surface area (Å²) in [5.41, 5.74) is 9.33. The highest BCUT2D eigenvalue weighted by Crippen LogP contribution is 2.13. The summed E-state index contributed by atoms with van der Waals surface area (Å²) in [4.78, 5) is 4.41. The molecule has 0 atom stereocenters. The Bertz CT molecular complexity index is 502. The van der Waals surface area contributed by atoms with Crippen molar-refractivity contribution in [2.45, 2.75) is 26.7 Å². The minimum atomic E-state index is 0.584. The second kappa shape index (κ2) is 5.10. The highest BCUT2D eigenvalue weighted by atomic mass is 15.2. The molecule has 0 spiro atoms. The van der Waals surface area contributed by atoms with Gasteiger partial charge in [0.2, 0.25) is 0 Å². The number of rotatable bonds is 4. The van der Waals surface area contributed by atoms with Gasteiger partial charge in [-0.3, -0.25) is 5.10 Å². The van der Waals surface area contributed by atoms with Gasteiger partial charge >= 0.3 is 0 Å². The van der Waals surface area contributed by atoms with Gasteiger partial charge in [0.1, 0.15) is 5.82 Å². The van der Waals surface area contributed by atoms with E-state index in [2.05, 4.69) is 47.2 Å². The zero-order valence-corrected chi connectivity index (χ0v) is 10.3. The molecule has 0 bridgehead atoms. The van der Waals surface area contributed by atoms with Gasteiger partial charge in [-0.05, 0) is 31.5 Å². The molecule has 0 unspecified atom stereocenters. The quantitative estimate of drug-likeness (QED) is 0.836. The first-order valence-corrected chi connectivity index (χ1v) is 5.85. The largest absolute Gasteiger partial charge is 0.330 e. The second-order valence-electron chi connectivity index (χ2n) is 4.34. The van der Waals surface area contributed by atoms with Gasteiger partial charge in [-0.15, -0.1) is 0 Å². The van der Waals surface area contributed by atoms with Gasteiger partial charge in [0, 0.05) is 12.8 Å². The molecule has 1 heterocycles. The molecule has 0 aliphatic heterocycles. The summed E-state index contributed by atoms with van der Waals surface area (Å²) < 4.78 is 0. The first-order valence-electron chi connectivity index (χ1n) is 5.85. The van der Waals surface area contributed by atoms with Crippen molar-refractivity contribution in [2.24, 2.45) is 5.73 Å². The van der Waals surface area contributed by atoms with E-state index in [0.717, 1.165) is 24.5 Å². The summed E-state index contributed by atoms with van der Waals surface area (Å²) in [6, 6.07) is 6.46. The van der Waals surface area contributed by atoms with Gasteiger partial charge in [0.05, 0.1) is 0 Å². The number of nitrogens with two attached hydrogens (primary N) is 1. The maximum Gasteiger partial charge on any atom is 0.151 e. The molecule has 0 radical (unpaired) electrons. The summed E-state index contributed by atoms with van der Waals surface area (Å²) in [6.07, 6.45) is 1.52. The van der Waals surface area contributed by atoms with E-state index < -0.39 is 0 Å². The lowest BCUT2D eigenvalue weighted by Crippen LogP contribution is -2.04. The predicted octanol–water partition coefficient (Wildman–Crippen LogP) is 1.51. The Hall–Kier alpha value is -1.68. The van der Waals surface area contributed by atoms with Crippen LogP contribution in [0.25, 0.3) is 0 Å². The third-order valence-electron chi connectivity index (χ3n) is 2.80. The predicted molar refractivity (Wildman–Crippen MR) is 67.9 cm³/mol. The Morgan fingerprint density at radius 1 is 1.29 bits per heavy atom. The van der Waals surface area contributed by atoms with Crippen LogP contribution in [-0.4, -0.2) is 21.7 Å². The molecule has 0 saturated heterocycles. The van der Waals surface area contributed by atoms with Gasteiger partial charge in [0.15, 0.2) is 5.82 Å². The monoisotopic (exact) mass is 230 g/mol. The van der Waals surface area contributed by atoms with Crippen molar-refractivity contribution in [3.05, 3.63) is 46.5 Å². The van der Waals surface area contributed by atoms with Gasteiger partial charge < -0.3 is 5.73 Å². The van der Waals surface area contributed by atoms with E-state index in [4.69, 9.17) is 5.73 Å². The van der Waals surface area contributed by atoms with E-state index in [-0.39, 0.29) is 0 Å². The number of aromatic nitrogens is 3. The number of nitrogens with zero attached hydrogens (tertiary/aromatic N) is 2. The standard InChI is InChI=1S/C13H18N4/c1-9-3-4-11(10(2)7-9)8-13-15-12(5-6-14)16-17-13/h3-4,7H,5-6,8,14H2,1-2H3,(H,15,16,17). The fourth-order valence-electron chi connectivity index (χ4n) is 1.88. The van der Waals surface area contributed by atoms with Crippen LogP contribution < -0.4 is 5.73 Å². The fourth-order valence-corrected chi connectivity index (χ4v) is 1.88. The maximum atomic E-state index is 5.47. The van der Waals surface area contributed by atoms with Crippen molar-refractivity contribution in [1.29, 1.82) is 0 Å². The lowest BCUT2D eigenvalue weighted by atomic mass is 10.0. The van der Waals surface area contributed by atoms with E-state index in [0.29, 0.717) is 6.54 Å². The van der Waals surface area contributed by atoms with Crippen LogP contribution in [0.4, 0.5) is 0 Å². The van der Waals surface area contributed by atoms with Crippen molar-refractivity contribution >= 4 is 0 Å². The number of aromatic amines is 1. The van der Waals surface area contributed by atoms with Gasteiger partial charge in [-0.2, -0.15) is 5.10 Å². The summed E-state index contributed by atoms with van der Waals surface area (Å²) in [7, 11) is 0. The van der Waals surface area contributed by atoms with Crippen molar-refractivity contribution < 1.29 is 0 Å². The van der Waals surface area contributed by atoms with Crippen LogP contribution in [0, 0.1) is 13.8 Å². The molecule has 2 rings (SSSR count). The van der Waals surface area contributed by atoms with Crippen LogP contribution in [0.2, 0.25) is 0 Å². The van der Waals surface area contributed by atoms with Crippen LogP contribution in [0.5, 0.6) is 0 Å². The highest BCUT2D eigenvalue weighted by molar-refractivity contribution is 5.32. The normalized spacial score (nSPS) is 10.8. The molecule has 0 aliphatic rings. The van der Waals surface area contributed by atoms with Crippen LogP contribution in [0.15, 0.2) is 18.2 Å². The Morgan fingerprint density at radius 2 is 2.12 bits per heavy atom. The number of aryl methyl sites for hydroxylation is 2. The van der Waals surface area contributed by atoms with Crippen molar-refractivity contribution in [3.8, 4) is 0 Å². The van der Waals surface area contributed by atoms with Crippen LogP contribution >= 0.6 is 0 Å². The first-order chi connectivity index (χ1) is 8.19. The van der Waals surface area contributed by atoms with Crippen molar-refractivity contribution in [3.63, 3.8) is 0 Å². The van der Waals surface area contributed by atoms with Crippen LogP contribution in [-0.2, 0) is 12.8 Å². The molecule has 90 valence electrons. The number of benzene rings is 1. The molecule has 4 nitrogen and oxygen atoms in total. The van der Waals surface area contributed by atoms with E-state index in [1.165, 1.54) is 16.7 Å². The molecule has 0 saturated carbocycles.